The van der Waals surface area contributed by atoms with Gasteiger partial charge in [0.05, 0.1) is 18.3 Å². The molecule has 108 valence electrons. The van der Waals surface area contributed by atoms with Crippen LogP contribution in [0.4, 0.5) is 10.1 Å². The standard InChI is InChI=1S/C14H17BrFN3O/c1-9(2)14(3,8-17)19-13(20)7-18-12-5-4-10(15)6-11(12)16/h4-6,9,18H,7H2,1-3H3,(H,19,20). The molecule has 0 heterocycles. The molecule has 0 aliphatic carbocycles. The van der Waals surface area contributed by atoms with Gasteiger partial charge in [0.2, 0.25) is 5.91 Å². The number of nitriles is 1. The lowest BCUT2D eigenvalue weighted by Gasteiger charge is -2.27. The average molecular weight is 342 g/mol. The van der Waals surface area contributed by atoms with Crippen molar-refractivity contribution in [3.63, 3.8) is 0 Å². The van der Waals surface area contributed by atoms with Crippen LogP contribution in [0.2, 0.25) is 0 Å². The summed E-state index contributed by atoms with van der Waals surface area (Å²) in [6.07, 6.45) is 0. The van der Waals surface area contributed by atoms with Crippen LogP contribution in [0.5, 0.6) is 0 Å². The quantitative estimate of drug-likeness (QED) is 0.864. The number of hydrogen-bond acceptors (Lipinski definition) is 3. The Kier molecular flexibility index (Phi) is 5.52. The van der Waals surface area contributed by atoms with Gasteiger partial charge < -0.3 is 10.6 Å². The fraction of sp³-hybridized carbons (Fsp3) is 0.429. The number of carbonyl (C=O) groups is 1. The van der Waals surface area contributed by atoms with E-state index in [9.17, 15) is 9.18 Å². The number of anilines is 1. The molecular weight excluding hydrogens is 325 g/mol. The van der Waals surface area contributed by atoms with Crippen molar-refractivity contribution in [2.45, 2.75) is 26.3 Å². The molecule has 0 radical (unpaired) electrons. The van der Waals surface area contributed by atoms with Crippen molar-refractivity contribution in [2.24, 2.45) is 5.92 Å². The van der Waals surface area contributed by atoms with Gasteiger partial charge in [0.15, 0.2) is 0 Å². The summed E-state index contributed by atoms with van der Waals surface area (Å²) in [4.78, 5) is 11.8. The minimum atomic E-state index is -0.934. The summed E-state index contributed by atoms with van der Waals surface area (Å²) >= 11 is 3.16. The predicted molar refractivity (Wildman–Crippen MR) is 79.6 cm³/mol. The van der Waals surface area contributed by atoms with Gasteiger partial charge in [-0.25, -0.2) is 4.39 Å². The predicted octanol–water partition coefficient (Wildman–Crippen LogP) is 3.05. The van der Waals surface area contributed by atoms with E-state index in [1.165, 1.54) is 6.07 Å². The first kappa shape index (κ1) is 16.4. The molecule has 1 unspecified atom stereocenters. The molecule has 1 aromatic rings. The Morgan fingerprint density at radius 3 is 2.70 bits per heavy atom. The Bertz CT molecular complexity index is 542. The molecule has 0 saturated heterocycles. The molecule has 0 aromatic heterocycles. The molecule has 0 fully saturated rings. The zero-order chi connectivity index (χ0) is 15.3. The molecule has 1 atom stereocenters. The number of amides is 1. The minimum Gasteiger partial charge on any atom is -0.374 e. The number of nitrogens with one attached hydrogen (secondary N) is 2. The molecule has 0 bridgehead atoms. The zero-order valence-electron chi connectivity index (χ0n) is 11.6. The van der Waals surface area contributed by atoms with Crippen molar-refractivity contribution >= 4 is 27.5 Å². The molecule has 1 amide bonds. The zero-order valence-corrected chi connectivity index (χ0v) is 13.2. The highest BCUT2D eigenvalue weighted by atomic mass is 79.9. The highest BCUT2D eigenvalue weighted by molar-refractivity contribution is 9.10. The molecule has 0 spiro atoms. The van der Waals surface area contributed by atoms with Crippen molar-refractivity contribution in [3.05, 3.63) is 28.5 Å². The van der Waals surface area contributed by atoms with E-state index in [0.29, 0.717) is 4.47 Å². The third-order valence-corrected chi connectivity index (χ3v) is 3.65. The summed E-state index contributed by atoms with van der Waals surface area (Å²) in [5.74, 6) is -0.829. The van der Waals surface area contributed by atoms with Crippen LogP contribution in [0.25, 0.3) is 0 Å². The monoisotopic (exact) mass is 341 g/mol. The fourth-order valence-electron chi connectivity index (χ4n) is 1.44. The van der Waals surface area contributed by atoms with Gasteiger partial charge >= 0.3 is 0 Å². The maximum atomic E-state index is 13.6. The molecule has 4 nitrogen and oxygen atoms in total. The van der Waals surface area contributed by atoms with Crippen molar-refractivity contribution in [2.75, 3.05) is 11.9 Å². The molecule has 6 heteroatoms. The molecule has 0 saturated carbocycles. The highest BCUT2D eigenvalue weighted by Gasteiger charge is 2.29. The second-order valence-corrected chi connectivity index (χ2v) is 5.91. The van der Waals surface area contributed by atoms with Gasteiger partial charge in [-0.15, -0.1) is 0 Å². The lowest BCUT2D eigenvalue weighted by Crippen LogP contribution is -2.50. The van der Waals surface area contributed by atoms with Crippen molar-refractivity contribution in [1.29, 1.82) is 5.26 Å². The molecular formula is C14H17BrFN3O. The Labute approximate surface area is 126 Å². The smallest absolute Gasteiger partial charge is 0.240 e. The first-order valence-corrected chi connectivity index (χ1v) is 6.99. The summed E-state index contributed by atoms with van der Waals surface area (Å²) in [5.41, 5.74) is -0.691. The Hall–Kier alpha value is -1.61. The summed E-state index contributed by atoms with van der Waals surface area (Å²) in [6.45, 7) is 5.27. The largest absolute Gasteiger partial charge is 0.374 e. The molecule has 1 rings (SSSR count). The van der Waals surface area contributed by atoms with Crippen LogP contribution in [0.15, 0.2) is 22.7 Å². The van der Waals surface area contributed by atoms with Crippen LogP contribution in [-0.2, 0) is 4.79 Å². The van der Waals surface area contributed by atoms with E-state index in [4.69, 9.17) is 5.26 Å². The maximum Gasteiger partial charge on any atom is 0.240 e. The van der Waals surface area contributed by atoms with Crippen molar-refractivity contribution < 1.29 is 9.18 Å². The summed E-state index contributed by atoms with van der Waals surface area (Å²) in [5, 5.41) is 14.5. The lowest BCUT2D eigenvalue weighted by molar-refractivity contribution is -0.121. The van der Waals surface area contributed by atoms with Gasteiger partial charge in [-0.2, -0.15) is 5.26 Å². The van der Waals surface area contributed by atoms with Crippen LogP contribution >= 0.6 is 15.9 Å². The van der Waals surface area contributed by atoms with Crippen LogP contribution < -0.4 is 10.6 Å². The minimum absolute atomic E-state index is 0.0270. The van der Waals surface area contributed by atoms with Crippen molar-refractivity contribution in [3.8, 4) is 6.07 Å². The van der Waals surface area contributed by atoms with Gasteiger partial charge in [0.1, 0.15) is 11.4 Å². The third kappa shape index (κ3) is 4.20. The summed E-state index contributed by atoms with van der Waals surface area (Å²) in [7, 11) is 0. The van der Waals surface area contributed by atoms with E-state index in [1.807, 2.05) is 13.8 Å². The normalized spacial score (nSPS) is 13.4. The van der Waals surface area contributed by atoms with Crippen LogP contribution in [0.1, 0.15) is 20.8 Å². The Morgan fingerprint density at radius 1 is 1.55 bits per heavy atom. The Balaban J connectivity index is 2.62. The SMILES string of the molecule is CC(C)C(C)(C#N)NC(=O)CNc1ccc(Br)cc1F. The summed E-state index contributed by atoms with van der Waals surface area (Å²) < 4.78 is 14.2. The molecule has 0 aliphatic heterocycles. The second kappa shape index (κ2) is 6.71. The van der Waals surface area contributed by atoms with E-state index in [1.54, 1.807) is 19.1 Å². The molecule has 1 aromatic carbocycles. The van der Waals surface area contributed by atoms with Crippen molar-refractivity contribution in [1.82, 2.24) is 5.32 Å². The number of nitrogens with zero attached hydrogens (tertiary/aromatic N) is 1. The van der Waals surface area contributed by atoms with Crippen LogP contribution in [0, 0.1) is 23.1 Å². The van der Waals surface area contributed by atoms with E-state index in [0.717, 1.165) is 0 Å². The van der Waals surface area contributed by atoms with E-state index < -0.39 is 11.4 Å². The first-order valence-electron chi connectivity index (χ1n) is 6.19. The van der Waals surface area contributed by atoms with Crippen LogP contribution in [0.3, 0.4) is 0 Å². The maximum absolute atomic E-state index is 13.6. The molecule has 0 aliphatic rings. The van der Waals surface area contributed by atoms with E-state index >= 15 is 0 Å². The number of carbonyl (C=O) groups excluding carboxylic acids is 1. The highest BCUT2D eigenvalue weighted by Crippen LogP contribution is 2.19. The van der Waals surface area contributed by atoms with Crippen LogP contribution in [-0.4, -0.2) is 18.0 Å². The third-order valence-electron chi connectivity index (χ3n) is 3.16. The number of benzene rings is 1. The van der Waals surface area contributed by atoms with Gasteiger partial charge in [-0.05, 0) is 31.0 Å². The Morgan fingerprint density at radius 2 is 2.20 bits per heavy atom. The second-order valence-electron chi connectivity index (χ2n) is 4.99. The molecule has 20 heavy (non-hydrogen) atoms. The lowest BCUT2D eigenvalue weighted by atomic mass is 9.90. The first-order chi connectivity index (χ1) is 9.28. The van der Waals surface area contributed by atoms with E-state index in [2.05, 4.69) is 32.6 Å². The van der Waals surface area contributed by atoms with Gasteiger partial charge in [-0.1, -0.05) is 29.8 Å². The summed E-state index contributed by atoms with van der Waals surface area (Å²) in [6, 6.07) is 6.62. The van der Waals surface area contributed by atoms with Gasteiger partial charge in [0.25, 0.3) is 0 Å². The van der Waals surface area contributed by atoms with Gasteiger partial charge in [-0.3, -0.25) is 4.79 Å². The average Bonchev–Trinajstić information content (AvgIpc) is 2.37. The topological polar surface area (TPSA) is 64.9 Å². The number of rotatable bonds is 5. The fourth-order valence-corrected chi connectivity index (χ4v) is 1.78. The molecule has 2 N–H and O–H groups in total. The van der Waals surface area contributed by atoms with E-state index in [-0.39, 0.29) is 24.1 Å². The number of hydrogen-bond donors (Lipinski definition) is 2. The van der Waals surface area contributed by atoms with Gasteiger partial charge in [0, 0.05) is 4.47 Å². The number of halogens is 2.